The molecular formula is C13H12BrNOS. The zero-order valence-corrected chi connectivity index (χ0v) is 11.5. The molecule has 0 fully saturated rings. The summed E-state index contributed by atoms with van der Waals surface area (Å²) in [7, 11) is 0. The summed E-state index contributed by atoms with van der Waals surface area (Å²) in [5.74, 6) is 1.04. The summed E-state index contributed by atoms with van der Waals surface area (Å²) in [6.07, 6.45) is 0. The van der Waals surface area contributed by atoms with Gasteiger partial charge >= 0.3 is 0 Å². The van der Waals surface area contributed by atoms with Crippen LogP contribution in [0.4, 0.5) is 5.69 Å². The van der Waals surface area contributed by atoms with Crippen molar-refractivity contribution in [3.63, 3.8) is 0 Å². The Labute approximate surface area is 113 Å². The Hall–Kier alpha value is -1.13. The molecule has 0 aliphatic rings. The lowest BCUT2D eigenvalue weighted by molar-refractivity contribution is 0.462. The standard InChI is InChI=1S/C13H12BrNOS/c14-10-4-3-5-11(15)9(10)8-17-13-7-2-1-6-12(13)16/h1-7,16H,8,15H2. The van der Waals surface area contributed by atoms with E-state index in [4.69, 9.17) is 5.73 Å². The van der Waals surface area contributed by atoms with Gasteiger partial charge in [-0.3, -0.25) is 0 Å². The van der Waals surface area contributed by atoms with E-state index in [1.165, 1.54) is 0 Å². The van der Waals surface area contributed by atoms with Crippen molar-refractivity contribution in [2.24, 2.45) is 0 Å². The van der Waals surface area contributed by atoms with Crippen molar-refractivity contribution in [2.45, 2.75) is 10.6 Å². The molecule has 17 heavy (non-hydrogen) atoms. The number of anilines is 1. The number of hydrogen-bond acceptors (Lipinski definition) is 3. The molecule has 88 valence electrons. The van der Waals surface area contributed by atoms with Gasteiger partial charge in [-0.25, -0.2) is 0 Å². The van der Waals surface area contributed by atoms with Crippen molar-refractivity contribution in [3.8, 4) is 5.75 Å². The van der Waals surface area contributed by atoms with Crippen LogP contribution in [0.25, 0.3) is 0 Å². The van der Waals surface area contributed by atoms with Crippen LogP contribution in [0.5, 0.6) is 5.75 Å². The number of rotatable bonds is 3. The number of thioether (sulfide) groups is 1. The largest absolute Gasteiger partial charge is 0.507 e. The smallest absolute Gasteiger partial charge is 0.129 e. The minimum atomic E-state index is 0.308. The predicted octanol–water partition coefficient (Wildman–Crippen LogP) is 4.03. The number of phenolic OH excluding ortho intramolecular Hbond substituents is 1. The number of nitrogens with two attached hydrogens (primary N) is 1. The highest BCUT2D eigenvalue weighted by atomic mass is 79.9. The first-order chi connectivity index (χ1) is 8.18. The Morgan fingerprint density at radius 2 is 1.88 bits per heavy atom. The summed E-state index contributed by atoms with van der Waals surface area (Å²) >= 11 is 5.05. The summed E-state index contributed by atoms with van der Waals surface area (Å²) in [4.78, 5) is 0.864. The molecule has 0 bridgehead atoms. The fraction of sp³-hybridized carbons (Fsp3) is 0.0769. The van der Waals surface area contributed by atoms with Gasteiger partial charge in [0.2, 0.25) is 0 Å². The van der Waals surface area contributed by atoms with Gasteiger partial charge in [-0.15, -0.1) is 11.8 Å². The molecule has 3 N–H and O–H groups in total. The lowest BCUT2D eigenvalue weighted by atomic mass is 10.2. The molecule has 0 unspecified atom stereocenters. The molecule has 2 aromatic rings. The van der Waals surface area contributed by atoms with Crippen molar-refractivity contribution >= 4 is 33.4 Å². The first-order valence-corrected chi connectivity index (χ1v) is 6.90. The predicted molar refractivity (Wildman–Crippen MR) is 76.2 cm³/mol. The quantitative estimate of drug-likeness (QED) is 0.664. The van der Waals surface area contributed by atoms with E-state index in [0.717, 1.165) is 26.4 Å². The molecule has 2 rings (SSSR count). The fourth-order valence-electron chi connectivity index (χ4n) is 1.46. The molecule has 0 saturated carbocycles. The van der Waals surface area contributed by atoms with Crippen LogP contribution in [-0.2, 0) is 5.75 Å². The average Bonchev–Trinajstić information content (AvgIpc) is 2.30. The highest BCUT2D eigenvalue weighted by Crippen LogP contribution is 2.34. The van der Waals surface area contributed by atoms with Gasteiger partial charge in [0.05, 0.1) is 0 Å². The second-order valence-corrected chi connectivity index (χ2v) is 5.44. The second kappa shape index (κ2) is 5.47. The van der Waals surface area contributed by atoms with Crippen LogP contribution in [0.1, 0.15) is 5.56 Å². The Kier molecular flexibility index (Phi) is 3.97. The molecule has 0 atom stereocenters. The van der Waals surface area contributed by atoms with Crippen molar-refractivity contribution in [1.82, 2.24) is 0 Å². The Bertz CT molecular complexity index is 510. The molecule has 0 saturated heterocycles. The first kappa shape index (κ1) is 12.3. The third-order valence-electron chi connectivity index (χ3n) is 2.39. The Balaban J connectivity index is 2.16. The maximum Gasteiger partial charge on any atom is 0.129 e. The molecule has 2 aromatic carbocycles. The van der Waals surface area contributed by atoms with Crippen molar-refractivity contribution < 1.29 is 5.11 Å². The maximum atomic E-state index is 9.66. The van der Waals surface area contributed by atoms with E-state index < -0.39 is 0 Å². The van der Waals surface area contributed by atoms with E-state index in [9.17, 15) is 5.11 Å². The van der Waals surface area contributed by atoms with Gasteiger partial charge in [-0.1, -0.05) is 34.1 Å². The lowest BCUT2D eigenvalue weighted by Crippen LogP contribution is -1.93. The number of phenols is 1. The maximum absolute atomic E-state index is 9.66. The minimum absolute atomic E-state index is 0.308. The van der Waals surface area contributed by atoms with Crippen LogP contribution in [-0.4, -0.2) is 5.11 Å². The number of aromatic hydroxyl groups is 1. The van der Waals surface area contributed by atoms with Gasteiger partial charge in [0.25, 0.3) is 0 Å². The topological polar surface area (TPSA) is 46.2 Å². The van der Waals surface area contributed by atoms with Crippen LogP contribution in [0.2, 0.25) is 0 Å². The van der Waals surface area contributed by atoms with Crippen LogP contribution in [0, 0.1) is 0 Å². The van der Waals surface area contributed by atoms with Crippen molar-refractivity contribution in [3.05, 3.63) is 52.5 Å². The van der Waals surface area contributed by atoms with Gasteiger partial charge in [-0.2, -0.15) is 0 Å². The number of para-hydroxylation sites is 1. The minimum Gasteiger partial charge on any atom is -0.507 e. The molecule has 0 radical (unpaired) electrons. The SMILES string of the molecule is Nc1cccc(Br)c1CSc1ccccc1O. The van der Waals surface area contributed by atoms with Gasteiger partial charge in [0, 0.05) is 20.8 Å². The molecule has 2 nitrogen and oxygen atoms in total. The number of hydrogen-bond donors (Lipinski definition) is 2. The van der Waals surface area contributed by atoms with E-state index in [0.29, 0.717) is 5.75 Å². The van der Waals surface area contributed by atoms with E-state index in [1.54, 1.807) is 17.8 Å². The van der Waals surface area contributed by atoms with E-state index in [-0.39, 0.29) is 0 Å². The molecule has 0 heterocycles. The summed E-state index contributed by atoms with van der Waals surface area (Å²) in [6, 6.07) is 13.1. The monoisotopic (exact) mass is 309 g/mol. The highest BCUT2D eigenvalue weighted by Gasteiger charge is 2.06. The average molecular weight is 310 g/mol. The lowest BCUT2D eigenvalue weighted by Gasteiger charge is -2.08. The molecule has 0 aromatic heterocycles. The van der Waals surface area contributed by atoms with Gasteiger partial charge in [0.15, 0.2) is 0 Å². The van der Waals surface area contributed by atoms with Gasteiger partial charge in [0.1, 0.15) is 5.75 Å². The summed E-state index contributed by atoms with van der Waals surface area (Å²) in [6.45, 7) is 0. The number of halogens is 1. The molecule has 0 spiro atoms. The van der Waals surface area contributed by atoms with Crippen molar-refractivity contribution in [1.29, 1.82) is 0 Å². The summed E-state index contributed by atoms with van der Waals surface area (Å²) in [5.41, 5.74) is 7.74. The second-order valence-electron chi connectivity index (χ2n) is 3.56. The molecular weight excluding hydrogens is 298 g/mol. The van der Waals surface area contributed by atoms with Crippen LogP contribution >= 0.6 is 27.7 Å². The molecule has 4 heteroatoms. The summed E-state index contributed by atoms with van der Waals surface area (Å²) < 4.78 is 1.00. The highest BCUT2D eigenvalue weighted by molar-refractivity contribution is 9.10. The summed E-state index contributed by atoms with van der Waals surface area (Å²) in [5, 5.41) is 9.66. The Morgan fingerprint density at radius 1 is 1.12 bits per heavy atom. The van der Waals surface area contributed by atoms with Crippen LogP contribution in [0.3, 0.4) is 0 Å². The third kappa shape index (κ3) is 2.96. The van der Waals surface area contributed by atoms with E-state index in [1.807, 2.05) is 36.4 Å². The first-order valence-electron chi connectivity index (χ1n) is 5.12. The Morgan fingerprint density at radius 3 is 2.59 bits per heavy atom. The van der Waals surface area contributed by atoms with E-state index >= 15 is 0 Å². The third-order valence-corrected chi connectivity index (χ3v) is 4.22. The fourth-order valence-corrected chi connectivity index (χ4v) is 3.18. The zero-order chi connectivity index (χ0) is 12.3. The zero-order valence-electron chi connectivity index (χ0n) is 9.06. The van der Waals surface area contributed by atoms with Crippen LogP contribution in [0.15, 0.2) is 51.8 Å². The molecule has 0 aliphatic carbocycles. The number of nitrogen functional groups attached to an aromatic ring is 1. The van der Waals surface area contributed by atoms with Gasteiger partial charge < -0.3 is 10.8 Å². The van der Waals surface area contributed by atoms with Crippen LogP contribution < -0.4 is 5.73 Å². The normalized spacial score (nSPS) is 10.4. The van der Waals surface area contributed by atoms with Gasteiger partial charge in [-0.05, 0) is 29.8 Å². The van der Waals surface area contributed by atoms with E-state index in [2.05, 4.69) is 15.9 Å². The molecule has 0 amide bonds. The van der Waals surface area contributed by atoms with Crippen molar-refractivity contribution in [2.75, 3.05) is 5.73 Å². The number of benzene rings is 2. The molecule has 0 aliphatic heterocycles.